The van der Waals surface area contributed by atoms with Gasteiger partial charge in [-0.05, 0) is 64.1 Å². The van der Waals surface area contributed by atoms with E-state index in [1.807, 2.05) is 6.07 Å². The van der Waals surface area contributed by atoms with Gasteiger partial charge in [0.1, 0.15) is 11.5 Å². The van der Waals surface area contributed by atoms with Crippen LogP contribution in [0.25, 0.3) is 22.3 Å². The van der Waals surface area contributed by atoms with Crippen LogP contribution in [0.2, 0.25) is 0 Å². The fourth-order valence-corrected chi connectivity index (χ4v) is 5.96. The Hall–Kier alpha value is -4.04. The van der Waals surface area contributed by atoms with Crippen LogP contribution in [0.15, 0.2) is 114 Å². The van der Waals surface area contributed by atoms with Gasteiger partial charge in [0.05, 0.1) is 5.41 Å². The summed E-state index contributed by atoms with van der Waals surface area (Å²) in [5, 5.41) is 0. The summed E-state index contributed by atoms with van der Waals surface area (Å²) in [6.45, 7) is 0. The third-order valence-corrected chi connectivity index (χ3v) is 7.32. The van der Waals surface area contributed by atoms with Gasteiger partial charge in [-0.3, -0.25) is 0 Å². The van der Waals surface area contributed by atoms with Crippen molar-refractivity contribution in [2.24, 2.45) is 0 Å². The normalized spacial score (nSPS) is 19.5. The van der Waals surface area contributed by atoms with Crippen molar-refractivity contribution in [3.63, 3.8) is 0 Å². The monoisotopic (exact) mass is 425 g/mol. The number of ether oxygens (including phenoxy) is 1. The van der Waals surface area contributed by atoms with E-state index in [4.69, 9.17) is 10.5 Å². The quantitative estimate of drug-likeness (QED) is 0.326. The molecule has 4 aromatic carbocycles. The first-order chi connectivity index (χ1) is 16.3. The Kier molecular flexibility index (Phi) is 3.78. The zero-order valence-electron chi connectivity index (χ0n) is 18.2. The van der Waals surface area contributed by atoms with Gasteiger partial charge in [-0.15, -0.1) is 0 Å². The summed E-state index contributed by atoms with van der Waals surface area (Å²) in [5.74, 6) is 2.01. The van der Waals surface area contributed by atoms with Crippen molar-refractivity contribution in [2.45, 2.75) is 18.3 Å². The minimum absolute atomic E-state index is 0.439. The van der Waals surface area contributed by atoms with Crippen LogP contribution in [-0.4, -0.2) is 0 Å². The predicted octanol–water partition coefficient (Wildman–Crippen LogP) is 7.25. The second-order valence-corrected chi connectivity index (χ2v) is 9.06. The van der Waals surface area contributed by atoms with Crippen LogP contribution in [-0.2, 0) is 5.41 Å². The van der Waals surface area contributed by atoms with Gasteiger partial charge in [0.25, 0.3) is 0 Å². The molecule has 1 aliphatic heterocycles. The number of rotatable bonds is 1. The first-order valence-electron chi connectivity index (χ1n) is 11.5. The number of anilines is 1. The molecule has 2 heteroatoms. The highest BCUT2D eigenvalue weighted by atomic mass is 16.5. The lowest BCUT2D eigenvalue weighted by molar-refractivity contribution is 0.364. The maximum absolute atomic E-state index is 6.49. The molecule has 2 aliphatic carbocycles. The molecule has 0 radical (unpaired) electrons. The number of nitrogens with two attached hydrogens (primary N) is 1. The minimum Gasteiger partial charge on any atom is -0.461 e. The van der Waals surface area contributed by atoms with Gasteiger partial charge in [-0.2, -0.15) is 0 Å². The molecule has 1 unspecified atom stereocenters. The second-order valence-electron chi connectivity index (χ2n) is 9.06. The summed E-state index contributed by atoms with van der Waals surface area (Å²) in [5.41, 5.74) is 16.7. The molecule has 7 rings (SSSR count). The number of nitrogen functional groups attached to an aromatic ring is 1. The van der Waals surface area contributed by atoms with Gasteiger partial charge >= 0.3 is 0 Å². The summed E-state index contributed by atoms with van der Waals surface area (Å²) < 4.78 is 6.49. The molecule has 33 heavy (non-hydrogen) atoms. The number of hydrogen-bond acceptors (Lipinski definition) is 2. The Morgan fingerprint density at radius 2 is 1.45 bits per heavy atom. The average Bonchev–Trinajstić information content (AvgIpc) is 3.14. The lowest BCUT2D eigenvalue weighted by Crippen LogP contribution is -2.35. The molecular formula is C31H23NO. The van der Waals surface area contributed by atoms with E-state index in [0.29, 0.717) is 0 Å². The summed E-state index contributed by atoms with van der Waals surface area (Å²) in [6.07, 6.45) is 6.47. The number of benzene rings is 4. The third-order valence-electron chi connectivity index (χ3n) is 7.32. The van der Waals surface area contributed by atoms with Crippen molar-refractivity contribution in [1.29, 1.82) is 0 Å². The van der Waals surface area contributed by atoms with Crippen molar-refractivity contribution in [2.75, 3.05) is 5.73 Å². The highest BCUT2D eigenvalue weighted by molar-refractivity contribution is 5.90. The van der Waals surface area contributed by atoms with E-state index in [9.17, 15) is 0 Å². The Bertz CT molecular complexity index is 1490. The molecule has 2 nitrogen and oxygen atoms in total. The molecule has 1 heterocycles. The van der Waals surface area contributed by atoms with Gasteiger partial charge in [0, 0.05) is 23.2 Å². The maximum atomic E-state index is 6.49. The fourth-order valence-electron chi connectivity index (χ4n) is 5.96. The van der Waals surface area contributed by atoms with Gasteiger partial charge in [0.15, 0.2) is 0 Å². The summed E-state index contributed by atoms with van der Waals surface area (Å²) in [4.78, 5) is 0. The van der Waals surface area contributed by atoms with Crippen LogP contribution < -0.4 is 10.5 Å². The standard InChI is InChI=1S/C31H23NO/c32-22-15-17-24-23-16-14-21(20-8-2-1-3-9-20)18-27(23)31(28(24)19-22)25-10-4-6-12-29(25)33-30-13-7-5-11-26(30)31/h1-6,8-12,14-19H,7,13,32H2. The van der Waals surface area contributed by atoms with E-state index in [2.05, 4.69) is 97.1 Å². The van der Waals surface area contributed by atoms with Gasteiger partial charge in [0.2, 0.25) is 0 Å². The average molecular weight is 426 g/mol. The molecule has 0 fully saturated rings. The topological polar surface area (TPSA) is 35.2 Å². The van der Waals surface area contributed by atoms with E-state index < -0.39 is 5.41 Å². The molecular weight excluding hydrogens is 402 g/mol. The number of para-hydroxylation sites is 1. The molecule has 0 saturated heterocycles. The molecule has 0 amide bonds. The van der Waals surface area contributed by atoms with E-state index in [1.165, 1.54) is 44.5 Å². The van der Waals surface area contributed by atoms with Crippen molar-refractivity contribution >= 4 is 5.69 Å². The first kappa shape index (κ1) is 18.5. The molecule has 2 N–H and O–H groups in total. The molecule has 1 atom stereocenters. The third kappa shape index (κ3) is 2.44. The van der Waals surface area contributed by atoms with Gasteiger partial charge in [-0.1, -0.05) is 78.9 Å². The lowest BCUT2D eigenvalue weighted by Gasteiger charge is -2.41. The van der Waals surface area contributed by atoms with E-state index in [1.54, 1.807) is 0 Å². The fraction of sp³-hybridized carbons (Fsp3) is 0.0968. The molecule has 0 aromatic heterocycles. The lowest BCUT2D eigenvalue weighted by atomic mass is 9.64. The largest absolute Gasteiger partial charge is 0.461 e. The zero-order chi connectivity index (χ0) is 22.0. The highest BCUT2D eigenvalue weighted by Crippen LogP contribution is 2.62. The Morgan fingerprint density at radius 1 is 0.697 bits per heavy atom. The molecule has 4 aromatic rings. The van der Waals surface area contributed by atoms with Gasteiger partial charge in [-0.25, -0.2) is 0 Å². The molecule has 158 valence electrons. The maximum Gasteiger partial charge on any atom is 0.131 e. The van der Waals surface area contributed by atoms with Crippen molar-refractivity contribution in [3.05, 3.63) is 131 Å². The van der Waals surface area contributed by atoms with E-state index >= 15 is 0 Å². The summed E-state index contributed by atoms with van der Waals surface area (Å²) in [6, 6.07) is 32.4. The SMILES string of the molecule is Nc1ccc2c(c1)C1(C3=C(CCC=C3)Oc3ccccc31)c1cc(-c3ccccc3)ccc1-2. The Labute approximate surface area is 193 Å². The van der Waals surface area contributed by atoms with Crippen molar-refractivity contribution in [3.8, 4) is 28.0 Å². The number of hydrogen-bond donors (Lipinski definition) is 1. The highest BCUT2D eigenvalue weighted by Gasteiger charge is 2.52. The summed E-state index contributed by atoms with van der Waals surface area (Å²) >= 11 is 0. The van der Waals surface area contributed by atoms with Crippen LogP contribution in [0.1, 0.15) is 29.5 Å². The van der Waals surface area contributed by atoms with Crippen LogP contribution >= 0.6 is 0 Å². The Balaban J connectivity index is 1.63. The molecule has 3 aliphatic rings. The summed E-state index contributed by atoms with van der Waals surface area (Å²) in [7, 11) is 0. The van der Waals surface area contributed by atoms with Crippen LogP contribution in [0, 0.1) is 0 Å². The molecule has 0 saturated carbocycles. The van der Waals surface area contributed by atoms with Crippen molar-refractivity contribution < 1.29 is 4.74 Å². The molecule has 1 spiro atoms. The van der Waals surface area contributed by atoms with Gasteiger partial charge < -0.3 is 10.5 Å². The zero-order valence-corrected chi connectivity index (χ0v) is 18.2. The second kappa shape index (κ2) is 6.73. The Morgan fingerprint density at radius 3 is 2.33 bits per heavy atom. The van der Waals surface area contributed by atoms with Crippen molar-refractivity contribution in [1.82, 2.24) is 0 Å². The first-order valence-corrected chi connectivity index (χ1v) is 11.5. The van der Waals surface area contributed by atoms with E-state index in [0.717, 1.165) is 30.0 Å². The smallest absolute Gasteiger partial charge is 0.131 e. The number of fused-ring (bicyclic) bond motifs is 8. The predicted molar refractivity (Wildman–Crippen MR) is 134 cm³/mol. The molecule has 0 bridgehead atoms. The van der Waals surface area contributed by atoms with Crippen LogP contribution in [0.3, 0.4) is 0 Å². The number of allylic oxidation sites excluding steroid dienone is 4. The van der Waals surface area contributed by atoms with Crippen LogP contribution in [0.4, 0.5) is 5.69 Å². The minimum atomic E-state index is -0.439. The van der Waals surface area contributed by atoms with Crippen LogP contribution in [0.5, 0.6) is 5.75 Å². The van der Waals surface area contributed by atoms with E-state index in [-0.39, 0.29) is 0 Å².